The number of nitrogens with zero attached hydrogens (tertiary/aromatic N) is 2. The summed E-state index contributed by atoms with van der Waals surface area (Å²) >= 11 is 0. The van der Waals surface area contributed by atoms with Crippen LogP contribution in [0.1, 0.15) is 5.56 Å². The van der Waals surface area contributed by atoms with E-state index in [4.69, 9.17) is 5.11 Å². The van der Waals surface area contributed by atoms with E-state index in [1.165, 1.54) is 0 Å². The van der Waals surface area contributed by atoms with Gasteiger partial charge in [-0.25, -0.2) is 4.98 Å². The van der Waals surface area contributed by atoms with E-state index in [9.17, 15) is 4.79 Å². The van der Waals surface area contributed by atoms with Crippen LogP contribution in [-0.2, 0) is 18.3 Å². The van der Waals surface area contributed by atoms with Crippen molar-refractivity contribution in [3.63, 3.8) is 0 Å². The topological polar surface area (TPSA) is 55.1 Å². The normalized spacial score (nSPS) is 10.6. The number of aryl methyl sites for hydroxylation is 1. The molecule has 0 aliphatic heterocycles. The van der Waals surface area contributed by atoms with E-state index in [-0.39, 0.29) is 6.42 Å². The first-order valence-electron chi connectivity index (χ1n) is 4.28. The Hall–Kier alpha value is -1.84. The number of aromatic nitrogens is 2. The van der Waals surface area contributed by atoms with E-state index in [1.54, 1.807) is 12.4 Å². The second kappa shape index (κ2) is 3.14. The molecule has 2 rings (SSSR count). The molecule has 1 heterocycles. The van der Waals surface area contributed by atoms with Crippen LogP contribution >= 0.6 is 0 Å². The smallest absolute Gasteiger partial charge is 0.307 e. The molecule has 0 amide bonds. The Bertz CT molecular complexity index is 488. The molecule has 1 aromatic heterocycles. The summed E-state index contributed by atoms with van der Waals surface area (Å²) < 4.78 is 1.88. The molecule has 0 radical (unpaired) electrons. The van der Waals surface area contributed by atoms with E-state index in [2.05, 4.69) is 4.98 Å². The molecule has 4 heteroatoms. The summed E-state index contributed by atoms with van der Waals surface area (Å²) in [6, 6.07) is 5.49. The van der Waals surface area contributed by atoms with Crippen molar-refractivity contribution in [2.45, 2.75) is 6.42 Å². The molecular weight excluding hydrogens is 180 g/mol. The number of carbonyl (C=O) groups is 1. The quantitative estimate of drug-likeness (QED) is 0.774. The average molecular weight is 190 g/mol. The fourth-order valence-corrected chi connectivity index (χ4v) is 1.46. The average Bonchev–Trinajstić information content (AvgIpc) is 2.47. The Morgan fingerprint density at radius 3 is 3.07 bits per heavy atom. The first-order valence-corrected chi connectivity index (χ1v) is 4.28. The van der Waals surface area contributed by atoms with Crippen molar-refractivity contribution in [3.05, 3.63) is 30.1 Å². The number of benzene rings is 1. The number of carboxylic acids is 1. The van der Waals surface area contributed by atoms with Crippen LogP contribution in [0.2, 0.25) is 0 Å². The lowest BCUT2D eigenvalue weighted by atomic mass is 10.1. The van der Waals surface area contributed by atoms with Crippen molar-refractivity contribution in [2.24, 2.45) is 7.05 Å². The lowest BCUT2D eigenvalue weighted by molar-refractivity contribution is -0.136. The summed E-state index contributed by atoms with van der Waals surface area (Å²) in [5.41, 5.74) is 2.65. The molecule has 0 saturated carbocycles. The molecule has 1 N–H and O–H groups in total. The molecule has 0 saturated heterocycles. The van der Waals surface area contributed by atoms with Crippen LogP contribution in [-0.4, -0.2) is 20.6 Å². The third kappa shape index (κ3) is 1.46. The standard InChI is InChI=1S/C10H10N2O2/c1-12-6-11-8-3-2-7(4-9(8)12)5-10(13)14/h2-4,6H,5H2,1H3,(H,13,14). The van der Waals surface area contributed by atoms with Gasteiger partial charge in [0.15, 0.2) is 0 Å². The van der Waals surface area contributed by atoms with Gasteiger partial charge in [0.25, 0.3) is 0 Å². The lowest BCUT2D eigenvalue weighted by Crippen LogP contribution is -1.99. The van der Waals surface area contributed by atoms with Gasteiger partial charge in [-0.05, 0) is 17.7 Å². The van der Waals surface area contributed by atoms with Gasteiger partial charge in [-0.1, -0.05) is 6.07 Å². The molecule has 1 aromatic carbocycles. The highest BCUT2D eigenvalue weighted by Crippen LogP contribution is 2.14. The Morgan fingerprint density at radius 2 is 2.36 bits per heavy atom. The Balaban J connectivity index is 2.49. The van der Waals surface area contributed by atoms with Gasteiger partial charge in [0.1, 0.15) is 0 Å². The highest BCUT2D eigenvalue weighted by atomic mass is 16.4. The number of hydrogen-bond donors (Lipinski definition) is 1. The van der Waals surface area contributed by atoms with Gasteiger partial charge in [-0.3, -0.25) is 4.79 Å². The van der Waals surface area contributed by atoms with Crippen molar-refractivity contribution in [2.75, 3.05) is 0 Å². The molecule has 0 bridgehead atoms. The SMILES string of the molecule is Cn1cnc2ccc(CC(=O)O)cc21. The minimum absolute atomic E-state index is 0.0567. The van der Waals surface area contributed by atoms with Crippen molar-refractivity contribution in [3.8, 4) is 0 Å². The van der Waals surface area contributed by atoms with Crippen LogP contribution in [0.4, 0.5) is 0 Å². The molecule has 0 atom stereocenters. The Labute approximate surface area is 80.8 Å². The van der Waals surface area contributed by atoms with Gasteiger partial charge in [0, 0.05) is 7.05 Å². The van der Waals surface area contributed by atoms with E-state index in [1.807, 2.05) is 23.7 Å². The molecule has 14 heavy (non-hydrogen) atoms. The number of rotatable bonds is 2. The number of fused-ring (bicyclic) bond motifs is 1. The molecule has 0 fully saturated rings. The van der Waals surface area contributed by atoms with Crippen LogP contribution in [0.5, 0.6) is 0 Å². The highest BCUT2D eigenvalue weighted by Gasteiger charge is 2.03. The fraction of sp³-hybridized carbons (Fsp3) is 0.200. The fourth-order valence-electron chi connectivity index (χ4n) is 1.46. The summed E-state index contributed by atoms with van der Waals surface area (Å²) in [6.07, 6.45) is 1.77. The summed E-state index contributed by atoms with van der Waals surface area (Å²) in [5, 5.41) is 8.64. The number of hydrogen-bond acceptors (Lipinski definition) is 2. The monoisotopic (exact) mass is 190 g/mol. The van der Waals surface area contributed by atoms with Crippen LogP contribution in [0.15, 0.2) is 24.5 Å². The zero-order valence-corrected chi connectivity index (χ0v) is 7.77. The summed E-state index contributed by atoms with van der Waals surface area (Å²) in [7, 11) is 1.89. The lowest BCUT2D eigenvalue weighted by Gasteiger charge is -1.98. The van der Waals surface area contributed by atoms with E-state index >= 15 is 0 Å². The first-order chi connectivity index (χ1) is 6.66. The second-order valence-electron chi connectivity index (χ2n) is 3.25. The summed E-state index contributed by atoms with van der Waals surface area (Å²) in [4.78, 5) is 14.7. The van der Waals surface area contributed by atoms with E-state index in [0.29, 0.717) is 0 Å². The third-order valence-electron chi connectivity index (χ3n) is 2.15. The van der Waals surface area contributed by atoms with Crippen LogP contribution < -0.4 is 0 Å². The predicted octanol–water partition coefficient (Wildman–Crippen LogP) is 1.20. The maximum Gasteiger partial charge on any atom is 0.307 e. The molecule has 0 aliphatic rings. The molecule has 0 aliphatic carbocycles. The van der Waals surface area contributed by atoms with Crippen molar-refractivity contribution >= 4 is 17.0 Å². The largest absolute Gasteiger partial charge is 0.481 e. The van der Waals surface area contributed by atoms with Gasteiger partial charge in [-0.15, -0.1) is 0 Å². The zero-order valence-electron chi connectivity index (χ0n) is 7.77. The maximum absolute atomic E-state index is 10.5. The minimum atomic E-state index is -0.813. The molecule has 0 spiro atoms. The third-order valence-corrected chi connectivity index (χ3v) is 2.15. The Kier molecular flexibility index (Phi) is 1.96. The minimum Gasteiger partial charge on any atom is -0.481 e. The molecule has 2 aromatic rings. The van der Waals surface area contributed by atoms with Crippen molar-refractivity contribution < 1.29 is 9.90 Å². The van der Waals surface area contributed by atoms with Gasteiger partial charge in [0.05, 0.1) is 23.8 Å². The summed E-state index contributed by atoms with van der Waals surface area (Å²) in [5.74, 6) is -0.813. The molecule has 0 unspecified atom stereocenters. The molecule has 4 nitrogen and oxygen atoms in total. The number of aliphatic carboxylic acids is 1. The van der Waals surface area contributed by atoms with Crippen molar-refractivity contribution in [1.82, 2.24) is 9.55 Å². The molecular formula is C10H10N2O2. The zero-order chi connectivity index (χ0) is 10.1. The van der Waals surface area contributed by atoms with E-state index < -0.39 is 5.97 Å². The van der Waals surface area contributed by atoms with Crippen LogP contribution in [0, 0.1) is 0 Å². The summed E-state index contributed by atoms with van der Waals surface area (Å²) in [6.45, 7) is 0. The predicted molar refractivity (Wildman–Crippen MR) is 52.1 cm³/mol. The van der Waals surface area contributed by atoms with Gasteiger partial charge in [0.2, 0.25) is 0 Å². The molecule has 72 valence electrons. The first kappa shape index (κ1) is 8.74. The van der Waals surface area contributed by atoms with Crippen LogP contribution in [0.3, 0.4) is 0 Å². The van der Waals surface area contributed by atoms with Crippen LogP contribution in [0.25, 0.3) is 11.0 Å². The van der Waals surface area contributed by atoms with Gasteiger partial charge < -0.3 is 9.67 Å². The maximum atomic E-state index is 10.5. The second-order valence-corrected chi connectivity index (χ2v) is 3.25. The number of carboxylic acid groups (broad SMARTS) is 1. The number of imidazole rings is 1. The Morgan fingerprint density at radius 1 is 1.57 bits per heavy atom. The highest BCUT2D eigenvalue weighted by molar-refractivity contribution is 5.78. The van der Waals surface area contributed by atoms with Gasteiger partial charge >= 0.3 is 5.97 Å². The van der Waals surface area contributed by atoms with Gasteiger partial charge in [-0.2, -0.15) is 0 Å². The van der Waals surface area contributed by atoms with Crippen molar-refractivity contribution in [1.29, 1.82) is 0 Å². The van der Waals surface area contributed by atoms with E-state index in [0.717, 1.165) is 16.6 Å².